The first-order valence-electron chi connectivity index (χ1n) is 11.7. The lowest BCUT2D eigenvalue weighted by atomic mass is 9.67. The van der Waals surface area contributed by atoms with E-state index in [0.29, 0.717) is 28.5 Å². The van der Waals surface area contributed by atoms with Crippen LogP contribution in [0, 0.1) is 17.3 Å². The third-order valence-electron chi connectivity index (χ3n) is 8.02. The lowest BCUT2D eigenvalue weighted by Gasteiger charge is -2.44. The fourth-order valence-electron chi connectivity index (χ4n) is 6.63. The zero-order valence-electron chi connectivity index (χ0n) is 19.1. The summed E-state index contributed by atoms with van der Waals surface area (Å²) in [6.07, 6.45) is 5.37. The minimum Gasteiger partial charge on any atom is -0.496 e. The molecule has 174 valence electrons. The zero-order valence-corrected chi connectivity index (χ0v) is 19.1. The molecule has 6 heteroatoms. The van der Waals surface area contributed by atoms with Gasteiger partial charge in [-0.05, 0) is 67.7 Å². The van der Waals surface area contributed by atoms with Crippen LogP contribution in [0.25, 0.3) is 0 Å². The monoisotopic (exact) mass is 450 g/mol. The first-order valence-corrected chi connectivity index (χ1v) is 11.7. The molecule has 0 heterocycles. The standard InChI is InChI=1S/C27H30O6/c1-30-21-11-5-3-8-18(21)25(28)32-23-16-27-14-7-10-20(27)17(13-15-27)24(23)33-26(29)19-9-4-6-12-22(19)31-2/h3-6,8-9,11-12,17,20,23-24H,7,10,13-16H2,1-2H3. The highest BCUT2D eigenvalue weighted by Gasteiger charge is 2.61. The second-order valence-electron chi connectivity index (χ2n) is 9.48. The molecule has 0 N–H and O–H groups in total. The molecule has 5 unspecified atom stereocenters. The van der Waals surface area contributed by atoms with Crippen molar-refractivity contribution >= 4 is 11.9 Å². The Kier molecular flexibility index (Phi) is 5.77. The van der Waals surface area contributed by atoms with Gasteiger partial charge in [0.2, 0.25) is 0 Å². The van der Waals surface area contributed by atoms with E-state index in [-0.39, 0.29) is 11.3 Å². The average Bonchev–Trinajstić information content (AvgIpc) is 3.37. The second kappa shape index (κ2) is 8.73. The topological polar surface area (TPSA) is 71.1 Å². The molecule has 33 heavy (non-hydrogen) atoms. The van der Waals surface area contributed by atoms with Gasteiger partial charge in [0, 0.05) is 5.92 Å². The molecule has 0 spiro atoms. The minimum atomic E-state index is -0.483. The van der Waals surface area contributed by atoms with Crippen molar-refractivity contribution in [3.05, 3.63) is 59.7 Å². The van der Waals surface area contributed by atoms with Gasteiger partial charge in [0.15, 0.2) is 0 Å². The molecule has 0 aliphatic heterocycles. The quantitative estimate of drug-likeness (QED) is 0.573. The van der Waals surface area contributed by atoms with E-state index in [1.54, 1.807) is 36.4 Å². The van der Waals surface area contributed by atoms with Crippen molar-refractivity contribution in [2.24, 2.45) is 17.3 Å². The van der Waals surface area contributed by atoms with Gasteiger partial charge in [0.25, 0.3) is 0 Å². The predicted octanol–water partition coefficient (Wildman–Crippen LogP) is 5.06. The molecule has 0 radical (unpaired) electrons. The van der Waals surface area contributed by atoms with Crippen LogP contribution in [0.3, 0.4) is 0 Å². The molecule has 0 amide bonds. The largest absolute Gasteiger partial charge is 0.496 e. The fraction of sp³-hybridized carbons (Fsp3) is 0.481. The van der Waals surface area contributed by atoms with Crippen LogP contribution in [0.1, 0.15) is 59.2 Å². The number of methoxy groups -OCH3 is 2. The van der Waals surface area contributed by atoms with Crippen LogP contribution in [0.2, 0.25) is 0 Å². The SMILES string of the molecule is COc1ccccc1C(=O)OC1CC23CCCC2C(CC3)C1OC(=O)c1ccccc1OC. The number of hydrogen-bond donors (Lipinski definition) is 0. The van der Waals surface area contributed by atoms with Crippen molar-refractivity contribution in [3.8, 4) is 11.5 Å². The van der Waals surface area contributed by atoms with Crippen LogP contribution in [-0.2, 0) is 9.47 Å². The molecule has 3 saturated carbocycles. The highest BCUT2D eigenvalue weighted by molar-refractivity contribution is 5.93. The lowest BCUT2D eigenvalue weighted by Crippen LogP contribution is -2.49. The molecule has 0 saturated heterocycles. The molecule has 2 bridgehead atoms. The molecular formula is C27H30O6. The van der Waals surface area contributed by atoms with E-state index < -0.39 is 24.1 Å². The zero-order chi connectivity index (χ0) is 23.0. The van der Waals surface area contributed by atoms with E-state index in [4.69, 9.17) is 18.9 Å². The average molecular weight is 451 g/mol. The van der Waals surface area contributed by atoms with Gasteiger partial charge in [0.05, 0.1) is 14.2 Å². The van der Waals surface area contributed by atoms with Crippen LogP contribution >= 0.6 is 0 Å². The van der Waals surface area contributed by atoms with Gasteiger partial charge < -0.3 is 18.9 Å². The van der Waals surface area contributed by atoms with Gasteiger partial charge in [0.1, 0.15) is 34.8 Å². The second-order valence-corrected chi connectivity index (χ2v) is 9.48. The van der Waals surface area contributed by atoms with Crippen LogP contribution in [0.4, 0.5) is 0 Å². The lowest BCUT2D eigenvalue weighted by molar-refractivity contribution is -0.102. The summed E-state index contributed by atoms with van der Waals surface area (Å²) in [5.74, 6) is 0.795. The Bertz CT molecular complexity index is 1050. The Morgan fingerprint density at radius 1 is 0.818 bits per heavy atom. The van der Waals surface area contributed by atoms with Crippen molar-refractivity contribution < 1.29 is 28.5 Å². The summed E-state index contributed by atoms with van der Waals surface area (Å²) in [6, 6.07) is 14.1. The third-order valence-corrected chi connectivity index (χ3v) is 8.02. The van der Waals surface area contributed by atoms with Crippen molar-refractivity contribution in [2.75, 3.05) is 14.2 Å². The number of hydrogen-bond acceptors (Lipinski definition) is 6. The molecular weight excluding hydrogens is 420 g/mol. The van der Waals surface area contributed by atoms with Crippen LogP contribution in [-0.4, -0.2) is 38.4 Å². The molecule has 5 rings (SSSR count). The van der Waals surface area contributed by atoms with Gasteiger partial charge in [-0.1, -0.05) is 30.7 Å². The first kappa shape index (κ1) is 21.8. The number of carbonyl (C=O) groups excluding carboxylic acids is 2. The Labute approximate surface area is 194 Å². The molecule has 0 aromatic heterocycles. The van der Waals surface area contributed by atoms with Crippen molar-refractivity contribution in [1.29, 1.82) is 0 Å². The van der Waals surface area contributed by atoms with Gasteiger partial charge in [-0.2, -0.15) is 0 Å². The Morgan fingerprint density at radius 2 is 1.42 bits per heavy atom. The maximum atomic E-state index is 13.2. The van der Waals surface area contributed by atoms with E-state index in [9.17, 15) is 9.59 Å². The summed E-state index contributed by atoms with van der Waals surface area (Å²) in [5, 5.41) is 0. The maximum Gasteiger partial charge on any atom is 0.342 e. The Hall–Kier alpha value is -3.02. The summed E-state index contributed by atoms with van der Waals surface area (Å²) in [5.41, 5.74) is 0.966. The summed E-state index contributed by atoms with van der Waals surface area (Å²) < 4.78 is 22.9. The minimum absolute atomic E-state index is 0.198. The number of para-hydroxylation sites is 2. The third kappa shape index (κ3) is 3.75. The molecule has 3 fully saturated rings. The predicted molar refractivity (Wildman–Crippen MR) is 122 cm³/mol. The van der Waals surface area contributed by atoms with Gasteiger partial charge in [-0.3, -0.25) is 0 Å². The number of benzene rings is 2. The summed E-state index contributed by atoms with van der Waals surface area (Å²) in [4.78, 5) is 26.4. The fourth-order valence-corrected chi connectivity index (χ4v) is 6.63. The number of ether oxygens (including phenoxy) is 4. The Morgan fingerprint density at radius 3 is 2.06 bits per heavy atom. The number of rotatable bonds is 6. The highest BCUT2D eigenvalue weighted by Crippen LogP contribution is 2.64. The molecule has 2 aromatic carbocycles. The summed E-state index contributed by atoms with van der Waals surface area (Å²) in [7, 11) is 3.07. The molecule has 3 aliphatic carbocycles. The van der Waals surface area contributed by atoms with Gasteiger partial charge >= 0.3 is 11.9 Å². The molecule has 3 aliphatic rings. The normalized spacial score (nSPS) is 29.8. The van der Waals surface area contributed by atoms with Gasteiger partial charge in [-0.15, -0.1) is 0 Å². The molecule has 6 nitrogen and oxygen atoms in total. The maximum absolute atomic E-state index is 13.2. The van der Waals surface area contributed by atoms with E-state index in [2.05, 4.69) is 0 Å². The van der Waals surface area contributed by atoms with Gasteiger partial charge in [-0.25, -0.2) is 9.59 Å². The number of carbonyl (C=O) groups is 2. The summed E-state index contributed by atoms with van der Waals surface area (Å²) >= 11 is 0. The van der Waals surface area contributed by atoms with Crippen LogP contribution < -0.4 is 9.47 Å². The number of esters is 2. The van der Waals surface area contributed by atoms with Crippen molar-refractivity contribution in [2.45, 2.75) is 50.7 Å². The van der Waals surface area contributed by atoms with E-state index in [1.165, 1.54) is 20.6 Å². The summed E-state index contributed by atoms with van der Waals surface area (Å²) in [6.45, 7) is 0. The van der Waals surface area contributed by atoms with Crippen molar-refractivity contribution in [1.82, 2.24) is 0 Å². The van der Waals surface area contributed by atoms with Crippen molar-refractivity contribution in [3.63, 3.8) is 0 Å². The smallest absolute Gasteiger partial charge is 0.342 e. The highest BCUT2D eigenvalue weighted by atomic mass is 16.6. The molecule has 5 atom stereocenters. The van der Waals surface area contributed by atoms with E-state index >= 15 is 0 Å². The first-order chi connectivity index (χ1) is 16.1. The molecule has 2 aromatic rings. The van der Waals surface area contributed by atoms with E-state index in [0.717, 1.165) is 32.1 Å². The van der Waals surface area contributed by atoms with Crippen LogP contribution in [0.15, 0.2) is 48.5 Å². The Balaban J connectivity index is 1.43. The van der Waals surface area contributed by atoms with E-state index in [1.807, 2.05) is 12.1 Å². The van der Waals surface area contributed by atoms with Crippen LogP contribution in [0.5, 0.6) is 11.5 Å².